The van der Waals surface area contributed by atoms with Gasteiger partial charge in [-0.2, -0.15) is 0 Å². The van der Waals surface area contributed by atoms with Crippen molar-refractivity contribution in [3.05, 3.63) is 23.4 Å². The van der Waals surface area contributed by atoms with Crippen LogP contribution in [-0.4, -0.2) is 49.9 Å². The Bertz CT molecular complexity index is 759. The van der Waals surface area contributed by atoms with Gasteiger partial charge < -0.3 is 9.09 Å². The first-order valence-electron chi connectivity index (χ1n) is 9.02. The fourth-order valence-corrected chi connectivity index (χ4v) is 3.83. The smallest absolute Gasteiger partial charge is 0.243 e. The van der Waals surface area contributed by atoms with Gasteiger partial charge in [0.1, 0.15) is 11.6 Å². The van der Waals surface area contributed by atoms with E-state index in [1.165, 1.54) is 6.42 Å². The minimum absolute atomic E-state index is 0.0574. The lowest BCUT2D eigenvalue weighted by Crippen LogP contribution is -2.46. The Morgan fingerprint density at radius 3 is 2.84 bits per heavy atom. The van der Waals surface area contributed by atoms with Crippen LogP contribution in [0.2, 0.25) is 0 Å². The first-order chi connectivity index (χ1) is 12.1. The Labute approximate surface area is 146 Å². The van der Waals surface area contributed by atoms with Crippen molar-refractivity contribution in [2.75, 3.05) is 18.4 Å². The molecular weight excluding hydrogens is 320 g/mol. The second kappa shape index (κ2) is 6.59. The molecule has 2 aliphatic rings. The lowest BCUT2D eigenvalue weighted by molar-refractivity contribution is -0.121. The van der Waals surface area contributed by atoms with Crippen LogP contribution in [-0.2, 0) is 17.8 Å². The highest BCUT2D eigenvalue weighted by atomic mass is 16.5. The van der Waals surface area contributed by atoms with Gasteiger partial charge in [0, 0.05) is 24.9 Å². The van der Waals surface area contributed by atoms with Crippen molar-refractivity contribution >= 4 is 11.8 Å². The van der Waals surface area contributed by atoms with Gasteiger partial charge in [-0.15, -0.1) is 10.2 Å². The lowest BCUT2D eigenvalue weighted by atomic mass is 9.95. The van der Waals surface area contributed by atoms with Gasteiger partial charge in [0.2, 0.25) is 11.8 Å². The summed E-state index contributed by atoms with van der Waals surface area (Å²) in [4.78, 5) is 14.6. The van der Waals surface area contributed by atoms with Crippen LogP contribution in [0.25, 0.3) is 0 Å². The van der Waals surface area contributed by atoms with Gasteiger partial charge in [-0.05, 0) is 46.2 Å². The molecular formula is C17H24N6O2. The Morgan fingerprint density at radius 1 is 1.32 bits per heavy atom. The molecule has 2 aromatic rings. The van der Waals surface area contributed by atoms with Crippen molar-refractivity contribution in [3.8, 4) is 0 Å². The van der Waals surface area contributed by atoms with Gasteiger partial charge >= 0.3 is 0 Å². The van der Waals surface area contributed by atoms with Crippen LogP contribution >= 0.6 is 0 Å². The molecule has 0 aliphatic carbocycles. The zero-order valence-electron chi connectivity index (χ0n) is 14.7. The van der Waals surface area contributed by atoms with Gasteiger partial charge in [0.05, 0.1) is 11.7 Å². The summed E-state index contributed by atoms with van der Waals surface area (Å²) in [5.41, 5.74) is 0.754. The van der Waals surface area contributed by atoms with E-state index in [9.17, 15) is 4.79 Å². The third-order valence-corrected chi connectivity index (χ3v) is 5.33. The van der Waals surface area contributed by atoms with E-state index < -0.39 is 0 Å². The molecule has 8 nitrogen and oxygen atoms in total. The molecule has 4 heterocycles. The quantitative estimate of drug-likeness (QED) is 0.908. The number of anilines is 1. The molecule has 0 aromatic carbocycles. The van der Waals surface area contributed by atoms with E-state index in [0.717, 1.165) is 56.2 Å². The molecule has 8 heteroatoms. The van der Waals surface area contributed by atoms with E-state index in [2.05, 4.69) is 30.1 Å². The minimum atomic E-state index is -0.199. The van der Waals surface area contributed by atoms with Crippen molar-refractivity contribution in [3.63, 3.8) is 0 Å². The number of hydrogen-bond acceptors (Lipinski definition) is 6. The molecule has 134 valence electrons. The van der Waals surface area contributed by atoms with Crippen LogP contribution < -0.4 is 5.32 Å². The van der Waals surface area contributed by atoms with Crippen LogP contribution in [0.1, 0.15) is 49.4 Å². The fraction of sp³-hybridized carbons (Fsp3) is 0.647. The van der Waals surface area contributed by atoms with Gasteiger partial charge in [0.15, 0.2) is 0 Å². The molecule has 4 rings (SSSR count). The van der Waals surface area contributed by atoms with Crippen molar-refractivity contribution in [2.45, 2.75) is 58.0 Å². The predicted molar refractivity (Wildman–Crippen MR) is 91.2 cm³/mol. The maximum Gasteiger partial charge on any atom is 0.243 e. The topological polar surface area (TPSA) is 89.1 Å². The summed E-state index contributed by atoms with van der Waals surface area (Å²) in [7, 11) is 0. The number of rotatable bonds is 4. The van der Waals surface area contributed by atoms with Crippen molar-refractivity contribution in [2.24, 2.45) is 0 Å². The highest BCUT2D eigenvalue weighted by molar-refractivity contribution is 5.93. The molecule has 0 radical (unpaired) electrons. The van der Waals surface area contributed by atoms with Crippen LogP contribution in [0.3, 0.4) is 0 Å². The van der Waals surface area contributed by atoms with Crippen LogP contribution in [0, 0.1) is 6.92 Å². The SMILES string of the molecule is Cc1cc(NC(=O)[C@H](C)N2CCC(c3nnc4n3CCC4)CC2)on1. The summed E-state index contributed by atoms with van der Waals surface area (Å²) in [5.74, 6) is 3.07. The standard InChI is InChI=1S/C17H24N6O2/c1-11-10-15(25-21-11)18-17(24)12(2)22-8-5-13(6-9-22)16-20-19-14-4-3-7-23(14)16/h10,12-13H,3-9H2,1-2H3,(H,18,24)/t12-/m0/s1. The molecule has 1 saturated heterocycles. The number of piperidine rings is 1. The number of carbonyl (C=O) groups is 1. The van der Waals surface area contributed by atoms with E-state index in [-0.39, 0.29) is 11.9 Å². The van der Waals surface area contributed by atoms with Crippen LogP contribution in [0.4, 0.5) is 5.88 Å². The van der Waals surface area contributed by atoms with E-state index in [0.29, 0.717) is 11.8 Å². The number of nitrogens with one attached hydrogen (secondary N) is 1. The van der Waals surface area contributed by atoms with Crippen molar-refractivity contribution in [1.29, 1.82) is 0 Å². The van der Waals surface area contributed by atoms with E-state index >= 15 is 0 Å². The number of aryl methyl sites for hydroxylation is 2. The predicted octanol–water partition coefficient (Wildman–Crippen LogP) is 1.73. The molecule has 1 N–H and O–H groups in total. The Morgan fingerprint density at radius 2 is 2.12 bits per heavy atom. The minimum Gasteiger partial charge on any atom is -0.338 e. The molecule has 2 aromatic heterocycles. The first-order valence-corrected chi connectivity index (χ1v) is 9.02. The average Bonchev–Trinajstić information content (AvgIpc) is 3.31. The molecule has 0 bridgehead atoms. The number of amides is 1. The molecule has 0 unspecified atom stereocenters. The Hall–Kier alpha value is -2.22. The maximum atomic E-state index is 12.4. The molecule has 1 fully saturated rings. The number of aromatic nitrogens is 4. The Balaban J connectivity index is 1.34. The molecule has 2 aliphatic heterocycles. The number of nitrogens with zero attached hydrogens (tertiary/aromatic N) is 5. The van der Waals surface area contributed by atoms with Gasteiger partial charge in [-0.25, -0.2) is 0 Å². The van der Waals surface area contributed by atoms with E-state index in [4.69, 9.17) is 4.52 Å². The summed E-state index contributed by atoms with van der Waals surface area (Å²) >= 11 is 0. The summed E-state index contributed by atoms with van der Waals surface area (Å²) in [6.07, 6.45) is 4.24. The average molecular weight is 344 g/mol. The van der Waals surface area contributed by atoms with E-state index in [1.54, 1.807) is 6.07 Å². The highest BCUT2D eigenvalue weighted by Crippen LogP contribution is 2.30. The summed E-state index contributed by atoms with van der Waals surface area (Å²) < 4.78 is 7.36. The van der Waals surface area contributed by atoms with Gasteiger partial charge in [-0.3, -0.25) is 15.0 Å². The van der Waals surface area contributed by atoms with E-state index in [1.807, 2.05) is 13.8 Å². The number of likely N-dealkylation sites (tertiary alicyclic amines) is 1. The third-order valence-electron chi connectivity index (χ3n) is 5.33. The molecule has 1 amide bonds. The fourth-order valence-electron chi connectivity index (χ4n) is 3.83. The van der Waals surface area contributed by atoms with Crippen molar-refractivity contribution < 1.29 is 9.32 Å². The second-order valence-electron chi connectivity index (χ2n) is 7.04. The summed E-state index contributed by atoms with van der Waals surface area (Å²) in [5, 5.41) is 15.3. The second-order valence-corrected chi connectivity index (χ2v) is 7.04. The lowest BCUT2D eigenvalue weighted by Gasteiger charge is -2.34. The summed E-state index contributed by atoms with van der Waals surface area (Å²) in [6, 6.07) is 1.53. The third kappa shape index (κ3) is 3.18. The van der Waals surface area contributed by atoms with Crippen LogP contribution in [0.15, 0.2) is 10.6 Å². The molecule has 0 saturated carbocycles. The Kier molecular flexibility index (Phi) is 4.29. The number of fused-ring (bicyclic) bond motifs is 1. The molecule has 1 atom stereocenters. The largest absolute Gasteiger partial charge is 0.338 e. The van der Waals surface area contributed by atoms with Crippen molar-refractivity contribution in [1.82, 2.24) is 24.8 Å². The van der Waals surface area contributed by atoms with Gasteiger partial charge in [-0.1, -0.05) is 5.16 Å². The number of hydrogen-bond donors (Lipinski definition) is 1. The molecule has 25 heavy (non-hydrogen) atoms. The molecule has 0 spiro atoms. The van der Waals surface area contributed by atoms with Crippen LogP contribution in [0.5, 0.6) is 0 Å². The zero-order valence-corrected chi connectivity index (χ0v) is 14.7. The normalized spacial score (nSPS) is 19.8. The number of carbonyl (C=O) groups excluding carboxylic acids is 1. The zero-order chi connectivity index (χ0) is 17.4. The monoisotopic (exact) mass is 344 g/mol. The first kappa shape index (κ1) is 16.3. The summed E-state index contributed by atoms with van der Waals surface area (Å²) in [6.45, 7) is 6.59. The highest BCUT2D eigenvalue weighted by Gasteiger charge is 2.31. The van der Waals surface area contributed by atoms with Gasteiger partial charge in [0.25, 0.3) is 0 Å². The maximum absolute atomic E-state index is 12.4.